The van der Waals surface area contributed by atoms with Crippen LogP contribution in [0.5, 0.6) is 0 Å². The van der Waals surface area contributed by atoms with E-state index >= 15 is 0 Å². The molecule has 0 unspecified atom stereocenters. The number of hydrogen-bond acceptors (Lipinski definition) is 5. The zero-order valence-electron chi connectivity index (χ0n) is 12.8. The minimum absolute atomic E-state index is 0.590. The maximum absolute atomic E-state index is 5.25. The van der Waals surface area contributed by atoms with Crippen molar-refractivity contribution >= 4 is 23.1 Å². The largest absolute Gasteiger partial charge is 0.378 e. The predicted octanol–water partition coefficient (Wildman–Crippen LogP) is 4.00. The lowest BCUT2D eigenvalue weighted by Crippen LogP contribution is -2.12. The zero-order valence-corrected chi connectivity index (χ0v) is 14.4. The van der Waals surface area contributed by atoms with Crippen LogP contribution in [0.25, 0.3) is 0 Å². The Kier molecular flexibility index (Phi) is 6.70. The SMILES string of the molecule is CCNCc1sc(CSc2ccc(C)cc2)nc1COC. The quantitative estimate of drug-likeness (QED) is 0.745. The molecule has 5 heteroatoms. The summed E-state index contributed by atoms with van der Waals surface area (Å²) in [7, 11) is 1.72. The van der Waals surface area contributed by atoms with Crippen molar-refractivity contribution in [3.05, 3.63) is 45.4 Å². The second-order valence-corrected chi connectivity index (χ2v) is 7.01. The molecule has 0 saturated heterocycles. The van der Waals surface area contributed by atoms with E-state index in [0.29, 0.717) is 6.61 Å². The van der Waals surface area contributed by atoms with Gasteiger partial charge in [0.2, 0.25) is 0 Å². The van der Waals surface area contributed by atoms with Crippen molar-refractivity contribution in [2.75, 3.05) is 13.7 Å². The van der Waals surface area contributed by atoms with Crippen molar-refractivity contribution < 1.29 is 4.74 Å². The number of aryl methyl sites for hydroxylation is 1. The van der Waals surface area contributed by atoms with E-state index in [4.69, 9.17) is 9.72 Å². The van der Waals surface area contributed by atoms with Crippen LogP contribution in [0.2, 0.25) is 0 Å². The minimum atomic E-state index is 0.590. The lowest BCUT2D eigenvalue weighted by molar-refractivity contribution is 0.181. The number of benzene rings is 1. The van der Waals surface area contributed by atoms with Crippen LogP contribution in [-0.4, -0.2) is 18.6 Å². The predicted molar refractivity (Wildman–Crippen MR) is 90.9 cm³/mol. The number of thioether (sulfide) groups is 1. The Balaban J connectivity index is 2.00. The van der Waals surface area contributed by atoms with E-state index in [0.717, 1.165) is 24.5 Å². The summed E-state index contributed by atoms with van der Waals surface area (Å²) in [6.07, 6.45) is 0. The van der Waals surface area contributed by atoms with Gasteiger partial charge in [-0.2, -0.15) is 0 Å². The summed E-state index contributed by atoms with van der Waals surface area (Å²) in [5.74, 6) is 0.913. The van der Waals surface area contributed by atoms with Gasteiger partial charge in [-0.25, -0.2) is 4.98 Å². The van der Waals surface area contributed by atoms with Crippen molar-refractivity contribution in [1.29, 1.82) is 0 Å². The zero-order chi connectivity index (χ0) is 15.1. The van der Waals surface area contributed by atoms with E-state index in [2.05, 4.69) is 43.4 Å². The molecule has 0 bridgehead atoms. The van der Waals surface area contributed by atoms with E-state index < -0.39 is 0 Å². The first-order valence-electron chi connectivity index (χ1n) is 7.09. The molecule has 0 aliphatic heterocycles. The molecule has 1 N–H and O–H groups in total. The molecule has 1 heterocycles. The summed E-state index contributed by atoms with van der Waals surface area (Å²) in [6.45, 7) is 6.66. The van der Waals surface area contributed by atoms with Gasteiger partial charge >= 0.3 is 0 Å². The van der Waals surface area contributed by atoms with Crippen LogP contribution in [0.15, 0.2) is 29.2 Å². The molecule has 0 aliphatic carbocycles. The smallest absolute Gasteiger partial charge is 0.104 e. The average Bonchev–Trinajstić information content (AvgIpc) is 2.87. The van der Waals surface area contributed by atoms with Crippen molar-refractivity contribution in [3.63, 3.8) is 0 Å². The lowest BCUT2D eigenvalue weighted by Gasteiger charge is -2.00. The third kappa shape index (κ3) is 5.11. The Morgan fingerprint density at radius 3 is 2.71 bits per heavy atom. The van der Waals surface area contributed by atoms with Crippen molar-refractivity contribution in [2.24, 2.45) is 0 Å². The van der Waals surface area contributed by atoms with Gasteiger partial charge < -0.3 is 10.1 Å². The molecule has 0 spiro atoms. The van der Waals surface area contributed by atoms with Crippen molar-refractivity contribution in [2.45, 2.75) is 37.6 Å². The highest BCUT2D eigenvalue weighted by Gasteiger charge is 2.11. The molecule has 2 aromatic rings. The van der Waals surface area contributed by atoms with Crippen LogP contribution in [0.4, 0.5) is 0 Å². The molecule has 0 saturated carbocycles. The van der Waals surface area contributed by atoms with E-state index in [1.165, 1.54) is 20.3 Å². The lowest BCUT2D eigenvalue weighted by atomic mass is 10.2. The molecule has 1 aromatic carbocycles. The second-order valence-electron chi connectivity index (χ2n) is 4.79. The highest BCUT2D eigenvalue weighted by atomic mass is 32.2. The number of rotatable bonds is 8. The van der Waals surface area contributed by atoms with Crippen LogP contribution in [0.3, 0.4) is 0 Å². The van der Waals surface area contributed by atoms with Gasteiger partial charge in [-0.3, -0.25) is 0 Å². The molecule has 2 rings (SSSR count). The molecule has 0 aliphatic rings. The van der Waals surface area contributed by atoms with Crippen LogP contribution in [0.1, 0.15) is 28.1 Å². The molecule has 0 fully saturated rings. The van der Waals surface area contributed by atoms with E-state index in [9.17, 15) is 0 Å². The van der Waals surface area contributed by atoms with Gasteiger partial charge in [-0.15, -0.1) is 23.1 Å². The summed E-state index contributed by atoms with van der Waals surface area (Å²) in [5, 5.41) is 4.53. The third-order valence-electron chi connectivity index (χ3n) is 3.02. The summed E-state index contributed by atoms with van der Waals surface area (Å²) in [5.41, 5.74) is 2.37. The molecule has 21 heavy (non-hydrogen) atoms. The number of aromatic nitrogens is 1. The maximum atomic E-state index is 5.25. The molecular formula is C16H22N2OS2. The Hall–Kier alpha value is -0.880. The van der Waals surface area contributed by atoms with E-state index in [-0.39, 0.29) is 0 Å². The van der Waals surface area contributed by atoms with Gasteiger partial charge in [0.05, 0.1) is 18.1 Å². The number of hydrogen-bond donors (Lipinski definition) is 1. The second kappa shape index (κ2) is 8.54. The highest BCUT2D eigenvalue weighted by molar-refractivity contribution is 7.98. The molecule has 3 nitrogen and oxygen atoms in total. The first-order chi connectivity index (χ1) is 10.2. The first-order valence-corrected chi connectivity index (χ1v) is 8.89. The summed E-state index contributed by atoms with van der Waals surface area (Å²) >= 11 is 3.62. The van der Waals surface area contributed by atoms with Gasteiger partial charge in [0.15, 0.2) is 0 Å². The monoisotopic (exact) mass is 322 g/mol. The number of thiazole rings is 1. The molecular weight excluding hydrogens is 300 g/mol. The fourth-order valence-corrected chi connectivity index (χ4v) is 3.84. The van der Waals surface area contributed by atoms with Gasteiger partial charge in [-0.05, 0) is 25.6 Å². The van der Waals surface area contributed by atoms with Crippen molar-refractivity contribution in [3.8, 4) is 0 Å². The Bertz CT molecular complexity index is 552. The first kappa shape index (κ1) is 16.5. The van der Waals surface area contributed by atoms with E-state index in [1.54, 1.807) is 18.4 Å². The van der Waals surface area contributed by atoms with Gasteiger partial charge in [-0.1, -0.05) is 24.6 Å². The normalized spacial score (nSPS) is 11.0. The minimum Gasteiger partial charge on any atom is -0.378 e. The number of nitrogens with zero attached hydrogens (tertiary/aromatic N) is 1. The molecule has 0 atom stereocenters. The van der Waals surface area contributed by atoms with Gasteiger partial charge in [0.25, 0.3) is 0 Å². The van der Waals surface area contributed by atoms with Crippen LogP contribution < -0.4 is 5.32 Å². The topological polar surface area (TPSA) is 34.2 Å². The standard InChI is InChI=1S/C16H22N2OS2/c1-4-17-9-15-14(10-19-3)18-16(21-15)11-20-13-7-5-12(2)6-8-13/h5-8,17H,4,9-11H2,1-3H3. The van der Waals surface area contributed by atoms with Gasteiger partial charge in [0.1, 0.15) is 5.01 Å². The van der Waals surface area contributed by atoms with Gasteiger partial charge in [0, 0.05) is 23.4 Å². The number of nitrogens with one attached hydrogen (secondary N) is 1. The highest BCUT2D eigenvalue weighted by Crippen LogP contribution is 2.27. The summed E-state index contributed by atoms with van der Waals surface area (Å²) in [4.78, 5) is 7.30. The fourth-order valence-electron chi connectivity index (χ4n) is 1.90. The van der Waals surface area contributed by atoms with Crippen LogP contribution in [0, 0.1) is 6.92 Å². The summed E-state index contributed by atoms with van der Waals surface area (Å²) in [6, 6.07) is 8.64. The third-order valence-corrected chi connectivity index (χ3v) is 5.33. The molecule has 0 radical (unpaired) electrons. The van der Waals surface area contributed by atoms with Crippen LogP contribution >= 0.6 is 23.1 Å². The Labute approximate surface area is 135 Å². The Morgan fingerprint density at radius 2 is 2.05 bits per heavy atom. The van der Waals surface area contributed by atoms with E-state index in [1.807, 2.05) is 11.8 Å². The molecule has 0 amide bonds. The number of methoxy groups -OCH3 is 1. The fraction of sp³-hybridized carbons (Fsp3) is 0.438. The molecule has 1 aromatic heterocycles. The van der Waals surface area contributed by atoms with Crippen molar-refractivity contribution in [1.82, 2.24) is 10.3 Å². The average molecular weight is 322 g/mol. The Morgan fingerprint density at radius 1 is 1.29 bits per heavy atom. The molecule has 114 valence electrons. The number of ether oxygens (including phenoxy) is 1. The summed E-state index contributed by atoms with van der Waals surface area (Å²) < 4.78 is 5.25. The van der Waals surface area contributed by atoms with Crippen LogP contribution in [-0.2, 0) is 23.6 Å². The maximum Gasteiger partial charge on any atom is 0.104 e.